The molecule has 3 heteroatoms. The summed E-state index contributed by atoms with van der Waals surface area (Å²) < 4.78 is 0. The smallest absolute Gasteiger partial charge is 0.335 e. The van der Waals surface area contributed by atoms with Gasteiger partial charge in [-0.3, -0.25) is 0 Å². The van der Waals surface area contributed by atoms with Gasteiger partial charge in [0, 0.05) is 5.92 Å². The molecule has 1 N–H and O–H groups in total. The van der Waals surface area contributed by atoms with Gasteiger partial charge in [0.2, 0.25) is 0 Å². The summed E-state index contributed by atoms with van der Waals surface area (Å²) in [5.41, 5.74) is 1.44. The zero-order chi connectivity index (χ0) is 12.3. The van der Waals surface area contributed by atoms with E-state index in [2.05, 4.69) is 0 Å². The van der Waals surface area contributed by atoms with E-state index in [1.165, 1.54) is 0 Å². The summed E-state index contributed by atoms with van der Waals surface area (Å²) >= 11 is 0. The minimum Gasteiger partial charge on any atom is -0.478 e. The summed E-state index contributed by atoms with van der Waals surface area (Å²) in [6.07, 6.45) is 4.85. The number of rotatable bonds is 3. The van der Waals surface area contributed by atoms with E-state index in [-0.39, 0.29) is 5.92 Å². The molecule has 0 aromatic heterocycles. The Balaban J connectivity index is 2.10. The van der Waals surface area contributed by atoms with Crippen molar-refractivity contribution in [1.82, 2.24) is 0 Å². The van der Waals surface area contributed by atoms with Crippen LogP contribution in [-0.4, -0.2) is 17.4 Å². The summed E-state index contributed by atoms with van der Waals surface area (Å²) in [5, 5.41) is 8.94. The topological polar surface area (TPSA) is 54.4 Å². The highest BCUT2D eigenvalue weighted by Crippen LogP contribution is 2.35. The van der Waals surface area contributed by atoms with Crippen molar-refractivity contribution in [3.05, 3.63) is 35.4 Å². The van der Waals surface area contributed by atoms with E-state index in [0.717, 1.165) is 37.5 Å². The number of aldehydes is 1. The third kappa shape index (κ3) is 2.73. The van der Waals surface area contributed by atoms with Crippen LogP contribution >= 0.6 is 0 Å². The molecule has 90 valence electrons. The number of hydrogen-bond acceptors (Lipinski definition) is 2. The monoisotopic (exact) mass is 232 g/mol. The van der Waals surface area contributed by atoms with Crippen molar-refractivity contribution in [2.45, 2.75) is 31.6 Å². The lowest BCUT2D eigenvalue weighted by atomic mass is 9.79. The van der Waals surface area contributed by atoms with Crippen molar-refractivity contribution in [2.75, 3.05) is 0 Å². The van der Waals surface area contributed by atoms with Crippen LogP contribution in [0.4, 0.5) is 0 Å². The number of carboxylic acids is 1. The number of carbonyl (C=O) groups excluding carboxylic acids is 1. The van der Waals surface area contributed by atoms with Gasteiger partial charge in [0.15, 0.2) is 0 Å². The molecule has 0 radical (unpaired) electrons. The normalized spacial score (nSPS) is 24.2. The van der Waals surface area contributed by atoms with Crippen molar-refractivity contribution >= 4 is 12.3 Å². The maximum absolute atomic E-state index is 10.9. The molecular formula is C14H16O3. The Morgan fingerprint density at radius 2 is 1.94 bits per heavy atom. The minimum atomic E-state index is -0.881. The third-order valence-electron chi connectivity index (χ3n) is 3.57. The molecule has 2 rings (SSSR count). The number of hydrogen-bond donors (Lipinski definition) is 1. The van der Waals surface area contributed by atoms with E-state index in [4.69, 9.17) is 5.11 Å². The number of carboxylic acid groups (broad SMARTS) is 1. The Bertz CT molecular complexity index is 417. The van der Waals surface area contributed by atoms with E-state index in [1.807, 2.05) is 6.07 Å². The van der Waals surface area contributed by atoms with E-state index >= 15 is 0 Å². The number of benzene rings is 1. The van der Waals surface area contributed by atoms with Crippen molar-refractivity contribution < 1.29 is 14.7 Å². The van der Waals surface area contributed by atoms with Gasteiger partial charge in [-0.1, -0.05) is 12.1 Å². The second-order valence-corrected chi connectivity index (χ2v) is 4.68. The highest BCUT2D eigenvalue weighted by Gasteiger charge is 2.22. The molecule has 1 aliphatic rings. The first-order valence-corrected chi connectivity index (χ1v) is 5.99. The van der Waals surface area contributed by atoms with Crippen molar-refractivity contribution in [1.29, 1.82) is 0 Å². The van der Waals surface area contributed by atoms with Crippen molar-refractivity contribution in [3.8, 4) is 0 Å². The first kappa shape index (κ1) is 11.8. The van der Waals surface area contributed by atoms with Gasteiger partial charge in [-0.15, -0.1) is 0 Å². The first-order valence-electron chi connectivity index (χ1n) is 5.99. The highest BCUT2D eigenvalue weighted by atomic mass is 16.4. The van der Waals surface area contributed by atoms with E-state index in [0.29, 0.717) is 11.5 Å². The van der Waals surface area contributed by atoms with E-state index in [1.54, 1.807) is 18.2 Å². The first-order chi connectivity index (χ1) is 8.20. The zero-order valence-electron chi connectivity index (χ0n) is 9.63. The molecule has 1 aromatic carbocycles. The number of carbonyl (C=O) groups is 2. The molecule has 0 spiro atoms. The Kier molecular flexibility index (Phi) is 3.57. The Morgan fingerprint density at radius 1 is 1.24 bits per heavy atom. The fourth-order valence-corrected chi connectivity index (χ4v) is 2.51. The SMILES string of the molecule is O=CC1CCC(c2cccc(C(=O)O)c2)CC1. The summed E-state index contributed by atoms with van der Waals surface area (Å²) in [7, 11) is 0. The third-order valence-corrected chi connectivity index (χ3v) is 3.57. The van der Waals surface area contributed by atoms with Gasteiger partial charge in [-0.05, 0) is 49.3 Å². The van der Waals surface area contributed by atoms with Crippen LogP contribution in [0.25, 0.3) is 0 Å². The van der Waals surface area contributed by atoms with Gasteiger partial charge in [0.1, 0.15) is 6.29 Å². The molecule has 0 amide bonds. The zero-order valence-corrected chi connectivity index (χ0v) is 9.63. The molecule has 1 aliphatic carbocycles. The fraction of sp³-hybridized carbons (Fsp3) is 0.429. The Labute approximate surface area is 100 Å². The molecule has 3 nitrogen and oxygen atoms in total. The molecule has 17 heavy (non-hydrogen) atoms. The van der Waals surface area contributed by atoms with Gasteiger partial charge in [-0.2, -0.15) is 0 Å². The molecule has 0 atom stereocenters. The molecule has 1 aromatic rings. The average Bonchev–Trinajstić information content (AvgIpc) is 2.39. The lowest BCUT2D eigenvalue weighted by molar-refractivity contribution is -0.111. The second kappa shape index (κ2) is 5.13. The van der Waals surface area contributed by atoms with Crippen LogP contribution < -0.4 is 0 Å². The van der Waals surface area contributed by atoms with Gasteiger partial charge in [0.25, 0.3) is 0 Å². The Hall–Kier alpha value is -1.64. The molecule has 0 heterocycles. The molecule has 0 aliphatic heterocycles. The molecule has 0 bridgehead atoms. The van der Waals surface area contributed by atoms with Gasteiger partial charge in [0.05, 0.1) is 5.56 Å². The molecule has 0 saturated heterocycles. The van der Waals surface area contributed by atoms with Gasteiger partial charge < -0.3 is 9.90 Å². The van der Waals surface area contributed by atoms with Crippen LogP contribution in [-0.2, 0) is 4.79 Å². The summed E-state index contributed by atoms with van der Waals surface area (Å²) in [6, 6.07) is 7.15. The average molecular weight is 232 g/mol. The van der Waals surface area contributed by atoms with Gasteiger partial charge >= 0.3 is 5.97 Å². The maximum Gasteiger partial charge on any atom is 0.335 e. The Morgan fingerprint density at radius 3 is 2.53 bits per heavy atom. The highest BCUT2D eigenvalue weighted by molar-refractivity contribution is 5.87. The van der Waals surface area contributed by atoms with Crippen molar-refractivity contribution in [2.24, 2.45) is 5.92 Å². The van der Waals surface area contributed by atoms with Crippen LogP contribution in [0.5, 0.6) is 0 Å². The van der Waals surface area contributed by atoms with Crippen LogP contribution in [0.15, 0.2) is 24.3 Å². The van der Waals surface area contributed by atoms with Gasteiger partial charge in [-0.25, -0.2) is 4.79 Å². The molecule has 0 unspecified atom stereocenters. The van der Waals surface area contributed by atoms with Crippen LogP contribution in [0.3, 0.4) is 0 Å². The summed E-state index contributed by atoms with van der Waals surface area (Å²) in [4.78, 5) is 21.6. The van der Waals surface area contributed by atoms with Crippen molar-refractivity contribution in [3.63, 3.8) is 0 Å². The predicted octanol–water partition coefficient (Wildman–Crippen LogP) is 2.86. The molecule has 1 saturated carbocycles. The summed E-state index contributed by atoms with van der Waals surface area (Å²) in [5.74, 6) is -0.271. The van der Waals surface area contributed by atoms with Crippen LogP contribution in [0.2, 0.25) is 0 Å². The standard InChI is InChI=1S/C14H16O3/c15-9-10-4-6-11(7-5-10)12-2-1-3-13(8-12)14(16)17/h1-3,8-11H,4-7H2,(H,16,17). The maximum atomic E-state index is 10.9. The number of aromatic carboxylic acids is 1. The largest absolute Gasteiger partial charge is 0.478 e. The van der Waals surface area contributed by atoms with E-state index < -0.39 is 5.97 Å². The lowest BCUT2D eigenvalue weighted by Crippen LogP contribution is -2.14. The predicted molar refractivity (Wildman–Crippen MR) is 64.2 cm³/mol. The molecular weight excluding hydrogens is 216 g/mol. The summed E-state index contributed by atoms with van der Waals surface area (Å²) in [6.45, 7) is 0. The lowest BCUT2D eigenvalue weighted by Gasteiger charge is -2.25. The van der Waals surface area contributed by atoms with Crippen LogP contribution in [0, 0.1) is 5.92 Å². The van der Waals surface area contributed by atoms with Crippen LogP contribution in [0.1, 0.15) is 47.5 Å². The molecule has 1 fully saturated rings. The quantitative estimate of drug-likeness (QED) is 0.815. The van der Waals surface area contributed by atoms with E-state index in [9.17, 15) is 9.59 Å². The fourth-order valence-electron chi connectivity index (χ4n) is 2.51. The second-order valence-electron chi connectivity index (χ2n) is 4.68. The minimum absolute atomic E-state index is 0.203.